The third-order valence-corrected chi connectivity index (χ3v) is 6.63. The first-order valence-corrected chi connectivity index (χ1v) is 11.7. The van der Waals surface area contributed by atoms with Crippen LogP contribution in [-0.4, -0.2) is 33.6 Å². The second kappa shape index (κ2) is 10.1. The van der Waals surface area contributed by atoms with Crippen molar-refractivity contribution in [3.8, 4) is 5.69 Å². The Bertz CT molecular complexity index is 1110. The normalized spacial score (nSPS) is 21.1. The van der Waals surface area contributed by atoms with Crippen LogP contribution in [0.25, 0.3) is 5.69 Å². The van der Waals surface area contributed by atoms with Gasteiger partial charge in [-0.1, -0.05) is 32.1 Å². The van der Waals surface area contributed by atoms with Crippen LogP contribution in [0.4, 0.5) is 8.78 Å². The van der Waals surface area contributed by atoms with Crippen molar-refractivity contribution in [3.63, 3.8) is 0 Å². The molecule has 0 spiro atoms. The maximum absolute atomic E-state index is 13.7. The molecule has 0 saturated heterocycles. The summed E-state index contributed by atoms with van der Waals surface area (Å²) in [6.07, 6.45) is 5.13. The van der Waals surface area contributed by atoms with Gasteiger partial charge in [0.15, 0.2) is 0 Å². The number of aromatic nitrogens is 2. The van der Waals surface area contributed by atoms with Crippen LogP contribution >= 0.6 is 0 Å². The number of rotatable bonds is 11. The number of hydrogen-bond acceptors (Lipinski definition) is 4. The van der Waals surface area contributed by atoms with Crippen LogP contribution in [0.1, 0.15) is 37.8 Å². The zero-order chi connectivity index (χ0) is 24.3. The monoisotopic (exact) mass is 466 g/mol. The van der Waals surface area contributed by atoms with Gasteiger partial charge < -0.3 is 15.7 Å². The summed E-state index contributed by atoms with van der Waals surface area (Å²) in [6, 6.07) is 13.2. The summed E-state index contributed by atoms with van der Waals surface area (Å²) in [5, 5.41) is 22.2. The molecule has 1 aliphatic rings. The minimum absolute atomic E-state index is 0.225. The molecule has 4 atom stereocenters. The highest BCUT2D eigenvalue weighted by Gasteiger charge is 2.54. The van der Waals surface area contributed by atoms with E-state index < -0.39 is 23.8 Å². The van der Waals surface area contributed by atoms with Gasteiger partial charge >= 0.3 is 0 Å². The van der Waals surface area contributed by atoms with Crippen LogP contribution in [-0.2, 0) is 12.0 Å². The van der Waals surface area contributed by atoms with E-state index in [9.17, 15) is 13.9 Å². The summed E-state index contributed by atoms with van der Waals surface area (Å²) in [4.78, 5) is 0. The van der Waals surface area contributed by atoms with Gasteiger partial charge in [-0.05, 0) is 67.1 Å². The predicted molar refractivity (Wildman–Crippen MR) is 129 cm³/mol. The van der Waals surface area contributed by atoms with E-state index in [0.29, 0.717) is 23.7 Å². The van der Waals surface area contributed by atoms with Crippen molar-refractivity contribution in [2.75, 3.05) is 6.54 Å². The van der Waals surface area contributed by atoms with Gasteiger partial charge in [-0.3, -0.25) is 0 Å². The molecule has 4 unspecified atom stereocenters. The molecule has 1 heterocycles. The zero-order valence-corrected chi connectivity index (χ0v) is 19.6. The SMILES string of the molecule is C=C(C)NC(Cc1cc(F)cc(F)c1)C(O)CNC1(c2cccc(-n3cccn3)c2)CC1CC. The Balaban J connectivity index is 1.50. The summed E-state index contributed by atoms with van der Waals surface area (Å²) in [6.45, 7) is 8.18. The lowest BCUT2D eigenvalue weighted by molar-refractivity contribution is 0.123. The van der Waals surface area contributed by atoms with Crippen molar-refractivity contribution in [1.29, 1.82) is 0 Å². The van der Waals surface area contributed by atoms with Crippen LogP contribution in [0.15, 0.2) is 73.2 Å². The molecule has 180 valence electrons. The van der Waals surface area contributed by atoms with Gasteiger partial charge in [-0.25, -0.2) is 13.5 Å². The average molecular weight is 467 g/mol. The van der Waals surface area contributed by atoms with E-state index in [-0.39, 0.29) is 12.0 Å². The van der Waals surface area contributed by atoms with E-state index in [1.165, 1.54) is 12.1 Å². The molecule has 0 radical (unpaired) electrons. The third kappa shape index (κ3) is 5.37. The molecule has 5 nitrogen and oxygen atoms in total. The Morgan fingerprint density at radius 3 is 2.62 bits per heavy atom. The maximum atomic E-state index is 13.7. The molecular formula is C27H32F2N4O. The minimum atomic E-state index is -0.799. The summed E-state index contributed by atoms with van der Waals surface area (Å²) in [7, 11) is 0. The van der Waals surface area contributed by atoms with Crippen molar-refractivity contribution in [2.24, 2.45) is 5.92 Å². The van der Waals surface area contributed by atoms with E-state index in [4.69, 9.17) is 0 Å². The van der Waals surface area contributed by atoms with Crippen molar-refractivity contribution in [2.45, 2.75) is 50.8 Å². The average Bonchev–Trinajstić information content (AvgIpc) is 3.24. The highest BCUT2D eigenvalue weighted by Crippen LogP contribution is 2.54. The lowest BCUT2D eigenvalue weighted by Gasteiger charge is -2.29. The Labute approximate surface area is 199 Å². The lowest BCUT2D eigenvalue weighted by Crippen LogP contribution is -2.48. The highest BCUT2D eigenvalue weighted by molar-refractivity contribution is 5.42. The van der Waals surface area contributed by atoms with Crippen molar-refractivity contribution >= 4 is 0 Å². The van der Waals surface area contributed by atoms with Crippen LogP contribution in [0.3, 0.4) is 0 Å². The second-order valence-corrected chi connectivity index (χ2v) is 9.24. The molecule has 1 fully saturated rings. The van der Waals surface area contributed by atoms with E-state index in [1.54, 1.807) is 13.1 Å². The Hall–Kier alpha value is -3.03. The molecule has 1 aliphatic carbocycles. The fourth-order valence-electron chi connectivity index (χ4n) is 4.85. The van der Waals surface area contributed by atoms with E-state index >= 15 is 0 Å². The largest absolute Gasteiger partial charge is 0.390 e. The summed E-state index contributed by atoms with van der Waals surface area (Å²) >= 11 is 0. The molecule has 2 aromatic carbocycles. The van der Waals surface area contributed by atoms with E-state index in [1.807, 2.05) is 29.1 Å². The quantitative estimate of drug-likeness (QED) is 0.391. The number of hydrogen-bond donors (Lipinski definition) is 3. The maximum Gasteiger partial charge on any atom is 0.126 e. The Morgan fingerprint density at radius 2 is 2.00 bits per heavy atom. The van der Waals surface area contributed by atoms with Crippen molar-refractivity contribution in [1.82, 2.24) is 20.4 Å². The Morgan fingerprint density at radius 1 is 1.24 bits per heavy atom. The minimum Gasteiger partial charge on any atom is -0.390 e. The number of nitrogens with zero attached hydrogens (tertiary/aromatic N) is 2. The standard InChI is InChI=1S/C27H32F2N4O/c1-4-20-16-27(20,21-7-5-8-24(14-21)33-10-6-9-31-33)30-17-26(34)25(32-18(2)3)13-19-11-22(28)15-23(29)12-19/h5-12,14-15,20,25-26,30,32,34H,2,4,13,16-17H2,1,3H3. The number of nitrogens with one attached hydrogen (secondary N) is 2. The fourth-order valence-corrected chi connectivity index (χ4v) is 4.85. The molecule has 0 amide bonds. The molecule has 34 heavy (non-hydrogen) atoms. The fraction of sp³-hybridized carbons (Fsp3) is 0.370. The van der Waals surface area contributed by atoms with Crippen LogP contribution < -0.4 is 10.6 Å². The van der Waals surface area contributed by atoms with Gasteiger partial charge in [0.25, 0.3) is 0 Å². The number of allylic oxidation sites excluding steroid dienone is 1. The number of halogens is 2. The summed E-state index contributed by atoms with van der Waals surface area (Å²) in [5.74, 6) is -0.801. The zero-order valence-electron chi connectivity index (χ0n) is 19.6. The second-order valence-electron chi connectivity index (χ2n) is 9.24. The van der Waals surface area contributed by atoms with E-state index in [2.05, 4.69) is 41.4 Å². The molecule has 3 N–H and O–H groups in total. The first-order valence-electron chi connectivity index (χ1n) is 11.7. The number of aliphatic hydroxyl groups is 1. The summed E-state index contributed by atoms with van der Waals surface area (Å²) in [5.41, 5.74) is 3.09. The number of benzene rings is 2. The molecule has 0 aliphatic heterocycles. The first kappa shape index (κ1) is 24.1. The smallest absolute Gasteiger partial charge is 0.126 e. The van der Waals surface area contributed by atoms with Crippen LogP contribution in [0, 0.1) is 17.6 Å². The molecule has 3 aromatic rings. The lowest BCUT2D eigenvalue weighted by atomic mass is 9.97. The van der Waals surface area contributed by atoms with E-state index in [0.717, 1.165) is 30.2 Å². The topological polar surface area (TPSA) is 62.1 Å². The van der Waals surface area contributed by atoms with Gasteiger partial charge in [-0.15, -0.1) is 0 Å². The van der Waals surface area contributed by atoms with Gasteiger partial charge in [-0.2, -0.15) is 5.10 Å². The first-order chi connectivity index (χ1) is 16.3. The highest BCUT2D eigenvalue weighted by atomic mass is 19.1. The molecule has 0 bridgehead atoms. The molecule has 7 heteroatoms. The third-order valence-electron chi connectivity index (χ3n) is 6.63. The number of aliphatic hydroxyl groups excluding tert-OH is 1. The van der Waals surface area contributed by atoms with Crippen molar-refractivity contribution in [3.05, 3.63) is 96.0 Å². The van der Waals surface area contributed by atoms with Gasteiger partial charge in [0.05, 0.1) is 17.8 Å². The molecule has 1 saturated carbocycles. The Kier molecular flexibility index (Phi) is 7.14. The molecular weight excluding hydrogens is 434 g/mol. The molecule has 4 rings (SSSR count). The van der Waals surface area contributed by atoms with Gasteiger partial charge in [0, 0.05) is 36.2 Å². The molecule has 1 aromatic heterocycles. The van der Waals surface area contributed by atoms with Crippen LogP contribution in [0.2, 0.25) is 0 Å². The predicted octanol–water partition coefficient (Wildman–Crippen LogP) is 4.46. The van der Waals surface area contributed by atoms with Crippen molar-refractivity contribution < 1.29 is 13.9 Å². The van der Waals surface area contributed by atoms with Gasteiger partial charge in [0.2, 0.25) is 0 Å². The van der Waals surface area contributed by atoms with Gasteiger partial charge in [0.1, 0.15) is 11.6 Å². The van der Waals surface area contributed by atoms with Crippen LogP contribution in [0.5, 0.6) is 0 Å². The summed E-state index contributed by atoms with van der Waals surface area (Å²) < 4.78 is 29.2.